The lowest BCUT2D eigenvalue weighted by atomic mass is 9.92. The van der Waals surface area contributed by atoms with E-state index in [1.165, 1.54) is 23.8 Å². The zero-order chi connectivity index (χ0) is 24.1. The zero-order valence-corrected chi connectivity index (χ0v) is 19.8. The molecule has 1 aromatic heterocycles. The van der Waals surface area contributed by atoms with Gasteiger partial charge in [-0.05, 0) is 56.4 Å². The Hall–Kier alpha value is -3.35. The predicted octanol–water partition coefficient (Wildman–Crippen LogP) is 4.90. The Bertz CT molecular complexity index is 1090. The average Bonchev–Trinajstić information content (AvgIpc) is 3.48. The van der Waals surface area contributed by atoms with E-state index in [1.807, 2.05) is 32.1 Å². The number of fused-ring (bicyclic) bond motifs is 1. The highest BCUT2D eigenvalue weighted by atomic mass is 16.5. The first-order valence-electron chi connectivity index (χ1n) is 12.0. The van der Waals surface area contributed by atoms with Crippen LogP contribution in [0.2, 0.25) is 0 Å². The van der Waals surface area contributed by atoms with E-state index in [0.717, 1.165) is 35.7 Å². The summed E-state index contributed by atoms with van der Waals surface area (Å²) in [6.07, 6.45) is 12.5. The Kier molecular flexibility index (Phi) is 7.50. The van der Waals surface area contributed by atoms with E-state index in [-0.39, 0.29) is 5.91 Å². The number of carboxylic acid groups (broad SMARTS) is 1. The van der Waals surface area contributed by atoms with Crippen LogP contribution in [0.15, 0.2) is 46.9 Å². The van der Waals surface area contributed by atoms with Crippen LogP contribution < -0.4 is 4.74 Å². The monoisotopic (exact) mass is 464 g/mol. The molecule has 1 atom stereocenters. The standard InChI is InChI=1S/C27H32N2O5/c1-3-4-5-10-24(30)29-15-13-19-11-12-21(17-22(19)25(29)27(31)32)33-16-14-23-18(2)34-26(28-23)20-8-6-7-9-20/h3-5,10-12,17,20,25H,6-9,13-16H2,1-2H3,(H,31,32). The van der Waals surface area contributed by atoms with Crippen LogP contribution in [0.4, 0.5) is 0 Å². The molecule has 1 unspecified atom stereocenters. The minimum atomic E-state index is -1.05. The van der Waals surface area contributed by atoms with E-state index in [0.29, 0.717) is 43.2 Å². The molecule has 7 heteroatoms. The van der Waals surface area contributed by atoms with E-state index in [9.17, 15) is 14.7 Å². The fourth-order valence-corrected chi connectivity index (χ4v) is 4.83. The number of hydrogen-bond acceptors (Lipinski definition) is 5. The summed E-state index contributed by atoms with van der Waals surface area (Å²) in [6, 6.07) is 4.48. The second-order valence-corrected chi connectivity index (χ2v) is 8.90. The quantitative estimate of drug-likeness (QED) is 0.441. The van der Waals surface area contributed by atoms with Crippen molar-refractivity contribution in [2.75, 3.05) is 13.2 Å². The molecular formula is C27H32N2O5. The highest BCUT2D eigenvalue weighted by Gasteiger charge is 2.35. The highest BCUT2D eigenvalue weighted by molar-refractivity contribution is 5.92. The number of ether oxygens (including phenoxy) is 1. The molecule has 2 heterocycles. The molecule has 7 nitrogen and oxygen atoms in total. The largest absolute Gasteiger partial charge is 0.493 e. The first-order chi connectivity index (χ1) is 16.5. The van der Waals surface area contributed by atoms with Crippen molar-refractivity contribution in [2.45, 2.75) is 64.3 Å². The summed E-state index contributed by atoms with van der Waals surface area (Å²) in [6.45, 7) is 4.56. The molecule has 1 fully saturated rings. The van der Waals surface area contributed by atoms with Gasteiger partial charge < -0.3 is 19.2 Å². The highest BCUT2D eigenvalue weighted by Crippen LogP contribution is 2.35. The molecule has 1 aliphatic heterocycles. The van der Waals surface area contributed by atoms with Gasteiger partial charge in [-0.25, -0.2) is 9.78 Å². The molecule has 0 radical (unpaired) electrons. The number of hydrogen-bond donors (Lipinski definition) is 1. The molecule has 1 saturated carbocycles. The maximum atomic E-state index is 12.6. The van der Waals surface area contributed by atoms with Crippen molar-refractivity contribution < 1.29 is 23.8 Å². The van der Waals surface area contributed by atoms with Crippen molar-refractivity contribution in [3.63, 3.8) is 0 Å². The number of nitrogens with zero attached hydrogens (tertiary/aromatic N) is 2. The molecule has 34 heavy (non-hydrogen) atoms. The van der Waals surface area contributed by atoms with Gasteiger partial charge in [0.15, 0.2) is 11.9 Å². The Balaban J connectivity index is 1.44. The summed E-state index contributed by atoms with van der Waals surface area (Å²) >= 11 is 0. The van der Waals surface area contributed by atoms with Gasteiger partial charge in [-0.2, -0.15) is 0 Å². The maximum absolute atomic E-state index is 12.6. The second kappa shape index (κ2) is 10.7. The van der Waals surface area contributed by atoms with Crippen LogP contribution in [0.1, 0.15) is 73.0 Å². The number of aliphatic carboxylic acids is 1. The lowest BCUT2D eigenvalue weighted by molar-refractivity contribution is -0.149. The third-order valence-electron chi connectivity index (χ3n) is 6.63. The van der Waals surface area contributed by atoms with Crippen LogP contribution in [0.25, 0.3) is 0 Å². The number of carbonyl (C=O) groups is 2. The molecular weight excluding hydrogens is 432 g/mol. The zero-order valence-electron chi connectivity index (χ0n) is 19.8. The lowest BCUT2D eigenvalue weighted by Gasteiger charge is -2.34. The number of rotatable bonds is 8. The minimum Gasteiger partial charge on any atom is -0.493 e. The van der Waals surface area contributed by atoms with E-state index in [4.69, 9.17) is 14.1 Å². The number of carbonyl (C=O) groups excluding carboxylic acids is 1. The summed E-state index contributed by atoms with van der Waals surface area (Å²) in [5.74, 6) is 1.32. The topological polar surface area (TPSA) is 92.9 Å². The summed E-state index contributed by atoms with van der Waals surface area (Å²) in [7, 11) is 0. The molecule has 2 aromatic rings. The van der Waals surface area contributed by atoms with Crippen LogP contribution in [-0.4, -0.2) is 40.0 Å². The van der Waals surface area contributed by atoms with E-state index in [1.54, 1.807) is 18.2 Å². The third-order valence-corrected chi connectivity index (χ3v) is 6.63. The van der Waals surface area contributed by atoms with Gasteiger partial charge in [-0.3, -0.25) is 4.79 Å². The number of aryl methyl sites for hydroxylation is 1. The number of allylic oxidation sites excluding steroid dienone is 3. The molecule has 2 aliphatic rings. The van der Waals surface area contributed by atoms with Gasteiger partial charge in [-0.1, -0.05) is 37.1 Å². The van der Waals surface area contributed by atoms with Gasteiger partial charge in [-0.15, -0.1) is 0 Å². The summed E-state index contributed by atoms with van der Waals surface area (Å²) in [5.41, 5.74) is 2.44. The Morgan fingerprint density at radius 2 is 2.06 bits per heavy atom. The summed E-state index contributed by atoms with van der Waals surface area (Å²) in [4.78, 5) is 30.9. The molecule has 180 valence electrons. The van der Waals surface area contributed by atoms with Crippen molar-refractivity contribution in [2.24, 2.45) is 0 Å². The second-order valence-electron chi connectivity index (χ2n) is 8.90. The van der Waals surface area contributed by atoms with Crippen LogP contribution in [-0.2, 0) is 22.4 Å². The molecule has 4 rings (SSSR count). The summed E-state index contributed by atoms with van der Waals surface area (Å²) in [5, 5.41) is 9.92. The summed E-state index contributed by atoms with van der Waals surface area (Å²) < 4.78 is 11.9. The lowest BCUT2D eigenvalue weighted by Crippen LogP contribution is -2.42. The van der Waals surface area contributed by atoms with E-state index >= 15 is 0 Å². The maximum Gasteiger partial charge on any atom is 0.331 e. The van der Waals surface area contributed by atoms with Gasteiger partial charge in [0, 0.05) is 25.0 Å². The van der Waals surface area contributed by atoms with Crippen molar-refractivity contribution >= 4 is 11.9 Å². The predicted molar refractivity (Wildman–Crippen MR) is 128 cm³/mol. The molecule has 1 aliphatic carbocycles. The van der Waals surface area contributed by atoms with Gasteiger partial charge in [0.25, 0.3) is 0 Å². The first-order valence-corrected chi connectivity index (χ1v) is 12.0. The fourth-order valence-electron chi connectivity index (χ4n) is 4.83. The smallest absolute Gasteiger partial charge is 0.331 e. The van der Waals surface area contributed by atoms with Gasteiger partial charge in [0.1, 0.15) is 11.5 Å². The van der Waals surface area contributed by atoms with Crippen LogP contribution in [0, 0.1) is 6.92 Å². The SMILES string of the molecule is CC=CC=CC(=O)N1CCc2ccc(OCCc3nc(C4CCCC4)oc3C)cc2C1C(=O)O. The van der Waals surface area contributed by atoms with Crippen LogP contribution >= 0.6 is 0 Å². The molecule has 0 spiro atoms. The normalized spacial score (nSPS) is 18.6. The first kappa shape index (κ1) is 23.8. The number of amides is 1. The number of carboxylic acids is 1. The number of aromatic nitrogens is 1. The minimum absolute atomic E-state index is 0.318. The average molecular weight is 465 g/mol. The van der Waals surface area contributed by atoms with Gasteiger partial charge in [0.2, 0.25) is 5.91 Å². The molecule has 0 bridgehead atoms. The van der Waals surface area contributed by atoms with E-state index < -0.39 is 12.0 Å². The molecule has 0 saturated heterocycles. The Morgan fingerprint density at radius 3 is 2.79 bits per heavy atom. The molecule has 1 amide bonds. The van der Waals surface area contributed by atoms with Crippen LogP contribution in [0.3, 0.4) is 0 Å². The Morgan fingerprint density at radius 1 is 1.26 bits per heavy atom. The van der Waals surface area contributed by atoms with Crippen molar-refractivity contribution in [3.8, 4) is 5.75 Å². The van der Waals surface area contributed by atoms with Crippen molar-refractivity contribution in [3.05, 3.63) is 71.0 Å². The van der Waals surface area contributed by atoms with Crippen molar-refractivity contribution in [1.29, 1.82) is 0 Å². The van der Waals surface area contributed by atoms with Gasteiger partial charge in [0.05, 0.1) is 12.3 Å². The molecule has 1 aromatic carbocycles. The number of benzene rings is 1. The third kappa shape index (κ3) is 5.24. The Labute approximate surface area is 200 Å². The fraction of sp³-hybridized carbons (Fsp3) is 0.444. The van der Waals surface area contributed by atoms with Crippen molar-refractivity contribution in [1.82, 2.24) is 9.88 Å². The van der Waals surface area contributed by atoms with E-state index in [2.05, 4.69) is 0 Å². The van der Waals surface area contributed by atoms with Crippen LogP contribution in [0.5, 0.6) is 5.75 Å². The molecule has 1 N–H and O–H groups in total. The number of oxazole rings is 1. The van der Waals surface area contributed by atoms with Gasteiger partial charge >= 0.3 is 5.97 Å².